The van der Waals surface area contributed by atoms with E-state index in [9.17, 15) is 4.79 Å². The number of likely N-dealkylation sites (tertiary alicyclic amines) is 1. The maximum absolute atomic E-state index is 13.0. The minimum absolute atomic E-state index is 0.126. The first kappa shape index (κ1) is 19.3. The standard InChI is InChI=1S/C23H29N3OS/c1-16-8-7-9-19(14-16)22-21-17(2)18(3)28-23(21)26(20(27)15-24-22)13-12-25-10-5-4-6-11-25/h7-9,14H,4-6,10-13,15H2,1-3H3/p+1. The van der Waals surface area contributed by atoms with Crippen LogP contribution in [0.25, 0.3) is 0 Å². The monoisotopic (exact) mass is 396 g/mol. The Morgan fingerprint density at radius 2 is 1.93 bits per heavy atom. The van der Waals surface area contributed by atoms with Crippen LogP contribution in [0, 0.1) is 20.8 Å². The lowest BCUT2D eigenvalue weighted by Gasteiger charge is -2.27. The van der Waals surface area contributed by atoms with Gasteiger partial charge in [-0.2, -0.15) is 0 Å². The summed E-state index contributed by atoms with van der Waals surface area (Å²) in [7, 11) is 0. The van der Waals surface area contributed by atoms with E-state index in [-0.39, 0.29) is 12.5 Å². The Balaban J connectivity index is 1.69. The zero-order chi connectivity index (χ0) is 19.7. The molecule has 2 aromatic rings. The molecule has 0 bridgehead atoms. The molecule has 3 heterocycles. The van der Waals surface area contributed by atoms with Crippen LogP contribution in [0.2, 0.25) is 0 Å². The third-order valence-corrected chi connectivity index (χ3v) is 7.29. The molecule has 4 rings (SSSR count). The van der Waals surface area contributed by atoms with Crippen LogP contribution in [-0.2, 0) is 4.79 Å². The fourth-order valence-corrected chi connectivity index (χ4v) is 5.53. The summed E-state index contributed by atoms with van der Waals surface area (Å²) in [4.78, 5) is 22.8. The highest BCUT2D eigenvalue weighted by atomic mass is 32.1. The Labute approximate surface area is 171 Å². The second-order valence-electron chi connectivity index (χ2n) is 8.10. The molecule has 1 aromatic heterocycles. The van der Waals surface area contributed by atoms with E-state index in [2.05, 4.69) is 45.0 Å². The number of carbonyl (C=O) groups is 1. The average Bonchev–Trinajstić information content (AvgIpc) is 2.90. The van der Waals surface area contributed by atoms with Crippen LogP contribution in [0.1, 0.15) is 46.4 Å². The summed E-state index contributed by atoms with van der Waals surface area (Å²) >= 11 is 1.75. The van der Waals surface area contributed by atoms with Gasteiger partial charge in [-0.25, -0.2) is 0 Å². The predicted octanol–water partition coefficient (Wildman–Crippen LogP) is 2.93. The molecule has 148 valence electrons. The molecule has 0 radical (unpaired) electrons. The van der Waals surface area contributed by atoms with Crippen LogP contribution in [0.5, 0.6) is 0 Å². The molecular weight excluding hydrogens is 366 g/mol. The Morgan fingerprint density at radius 3 is 2.68 bits per heavy atom. The number of amides is 1. The number of fused-ring (bicyclic) bond motifs is 1. The van der Waals surface area contributed by atoms with Crippen molar-refractivity contribution >= 4 is 28.0 Å². The highest BCUT2D eigenvalue weighted by Gasteiger charge is 2.30. The second kappa shape index (κ2) is 8.18. The van der Waals surface area contributed by atoms with Gasteiger partial charge in [-0.1, -0.05) is 23.8 Å². The summed E-state index contributed by atoms with van der Waals surface area (Å²) in [5.41, 5.74) is 5.71. The summed E-state index contributed by atoms with van der Waals surface area (Å²) < 4.78 is 0. The van der Waals surface area contributed by atoms with E-state index < -0.39 is 0 Å². The number of carbonyl (C=O) groups excluding carboxylic acids is 1. The van der Waals surface area contributed by atoms with Gasteiger partial charge >= 0.3 is 0 Å². The van der Waals surface area contributed by atoms with Crippen LogP contribution in [0.4, 0.5) is 5.00 Å². The van der Waals surface area contributed by atoms with Gasteiger partial charge in [0.05, 0.1) is 31.9 Å². The van der Waals surface area contributed by atoms with Crippen molar-refractivity contribution in [1.29, 1.82) is 0 Å². The number of aryl methyl sites for hydroxylation is 2. The van der Waals surface area contributed by atoms with Gasteiger partial charge in [0, 0.05) is 16.0 Å². The summed E-state index contributed by atoms with van der Waals surface area (Å²) in [6, 6.07) is 8.46. The van der Waals surface area contributed by atoms with Crippen molar-refractivity contribution in [2.45, 2.75) is 40.0 Å². The first-order valence-corrected chi connectivity index (χ1v) is 11.2. The molecule has 5 heteroatoms. The van der Waals surface area contributed by atoms with Crippen molar-refractivity contribution in [1.82, 2.24) is 0 Å². The predicted molar refractivity (Wildman–Crippen MR) is 117 cm³/mol. The molecule has 0 atom stereocenters. The number of hydrogen-bond donors (Lipinski definition) is 1. The number of nitrogens with one attached hydrogen (secondary N) is 1. The number of thiophene rings is 1. The zero-order valence-electron chi connectivity index (χ0n) is 17.2. The number of aliphatic imine (C=N–C) groups is 1. The van der Waals surface area contributed by atoms with Gasteiger partial charge in [0.15, 0.2) is 0 Å². The van der Waals surface area contributed by atoms with Crippen molar-refractivity contribution in [3.63, 3.8) is 0 Å². The third-order valence-electron chi connectivity index (χ3n) is 6.06. The number of benzene rings is 1. The molecule has 0 unspecified atom stereocenters. The molecular formula is C23H30N3OS+. The minimum atomic E-state index is 0.126. The molecule has 0 saturated carbocycles. The van der Waals surface area contributed by atoms with Crippen LogP contribution in [0.15, 0.2) is 29.3 Å². The normalized spacial score (nSPS) is 18.0. The first-order valence-electron chi connectivity index (χ1n) is 10.4. The van der Waals surface area contributed by atoms with Crippen molar-refractivity contribution in [3.05, 3.63) is 51.4 Å². The molecule has 4 nitrogen and oxygen atoms in total. The topological polar surface area (TPSA) is 37.1 Å². The second-order valence-corrected chi connectivity index (χ2v) is 9.31. The van der Waals surface area contributed by atoms with E-state index in [1.165, 1.54) is 48.4 Å². The molecule has 2 aliphatic heterocycles. The summed E-state index contributed by atoms with van der Waals surface area (Å²) in [5.74, 6) is 0.126. The number of piperidine rings is 1. The molecule has 1 N–H and O–H groups in total. The maximum atomic E-state index is 13.0. The Bertz CT molecular complexity index is 909. The maximum Gasteiger partial charge on any atom is 0.249 e. The quantitative estimate of drug-likeness (QED) is 0.848. The van der Waals surface area contributed by atoms with Crippen molar-refractivity contribution in [3.8, 4) is 0 Å². The molecule has 1 amide bonds. The number of rotatable bonds is 4. The lowest BCUT2D eigenvalue weighted by atomic mass is 9.98. The van der Waals surface area contributed by atoms with Crippen molar-refractivity contribution in [2.75, 3.05) is 37.6 Å². The minimum Gasteiger partial charge on any atom is -0.333 e. The molecule has 1 fully saturated rings. The van der Waals surface area contributed by atoms with E-state index in [1.807, 2.05) is 4.90 Å². The van der Waals surface area contributed by atoms with Gasteiger partial charge in [-0.15, -0.1) is 11.3 Å². The highest BCUT2D eigenvalue weighted by molar-refractivity contribution is 7.17. The Morgan fingerprint density at radius 1 is 1.14 bits per heavy atom. The molecule has 2 aliphatic rings. The SMILES string of the molecule is Cc1cccc(C2=NCC(=O)N(CC[NH+]3CCCCC3)c3sc(C)c(C)c32)c1. The van der Waals surface area contributed by atoms with Crippen LogP contribution in [0.3, 0.4) is 0 Å². The van der Waals surface area contributed by atoms with Gasteiger partial charge in [0.1, 0.15) is 11.5 Å². The van der Waals surface area contributed by atoms with Crippen molar-refractivity contribution < 1.29 is 9.69 Å². The fraction of sp³-hybridized carbons (Fsp3) is 0.478. The molecule has 1 saturated heterocycles. The summed E-state index contributed by atoms with van der Waals surface area (Å²) in [6.07, 6.45) is 3.98. The van der Waals surface area contributed by atoms with E-state index in [4.69, 9.17) is 4.99 Å². The number of nitrogens with zero attached hydrogens (tertiary/aromatic N) is 2. The zero-order valence-corrected chi connectivity index (χ0v) is 18.0. The van der Waals surface area contributed by atoms with Crippen LogP contribution < -0.4 is 9.80 Å². The van der Waals surface area contributed by atoms with E-state index in [0.717, 1.165) is 34.9 Å². The van der Waals surface area contributed by atoms with Gasteiger partial charge in [-0.05, 0) is 51.7 Å². The van der Waals surface area contributed by atoms with Crippen LogP contribution in [-0.4, -0.2) is 44.3 Å². The van der Waals surface area contributed by atoms with Gasteiger partial charge in [0.25, 0.3) is 0 Å². The average molecular weight is 397 g/mol. The lowest BCUT2D eigenvalue weighted by molar-refractivity contribution is -0.903. The van der Waals surface area contributed by atoms with Crippen molar-refractivity contribution in [2.24, 2.45) is 4.99 Å². The van der Waals surface area contributed by atoms with Gasteiger partial charge in [0.2, 0.25) is 5.91 Å². The van der Waals surface area contributed by atoms with E-state index in [1.54, 1.807) is 16.2 Å². The fourth-order valence-electron chi connectivity index (χ4n) is 4.33. The molecule has 0 aliphatic carbocycles. The Kier molecular flexibility index (Phi) is 5.65. The Hall–Kier alpha value is -1.98. The molecule has 28 heavy (non-hydrogen) atoms. The summed E-state index contributed by atoms with van der Waals surface area (Å²) in [5, 5.41) is 1.09. The number of anilines is 1. The van der Waals surface area contributed by atoms with E-state index >= 15 is 0 Å². The number of hydrogen-bond acceptors (Lipinski definition) is 3. The van der Waals surface area contributed by atoms with E-state index in [0.29, 0.717) is 0 Å². The largest absolute Gasteiger partial charge is 0.333 e. The molecule has 1 aromatic carbocycles. The molecule has 0 spiro atoms. The van der Waals surface area contributed by atoms with Gasteiger partial charge in [-0.3, -0.25) is 14.7 Å². The third kappa shape index (κ3) is 3.78. The van der Waals surface area contributed by atoms with Crippen LogP contribution >= 0.6 is 11.3 Å². The first-order chi connectivity index (χ1) is 13.5. The smallest absolute Gasteiger partial charge is 0.249 e. The van der Waals surface area contributed by atoms with Gasteiger partial charge < -0.3 is 4.90 Å². The highest BCUT2D eigenvalue weighted by Crippen LogP contribution is 2.38. The lowest BCUT2D eigenvalue weighted by Crippen LogP contribution is -3.13. The number of quaternary nitrogens is 1. The summed E-state index contributed by atoms with van der Waals surface area (Å²) in [6.45, 7) is 11.0.